The quantitative estimate of drug-likeness (QED) is 0.513. The van der Waals surface area contributed by atoms with Crippen molar-refractivity contribution in [2.24, 2.45) is 0 Å². The van der Waals surface area contributed by atoms with Gasteiger partial charge in [-0.2, -0.15) is 0 Å². The monoisotopic (exact) mass is 469 g/mol. The van der Waals surface area contributed by atoms with Crippen molar-refractivity contribution in [2.75, 3.05) is 12.4 Å². The van der Waals surface area contributed by atoms with E-state index in [0.29, 0.717) is 47.8 Å². The first-order valence-electron chi connectivity index (χ1n) is 10.7. The third kappa shape index (κ3) is 5.01. The topological polar surface area (TPSA) is 105 Å². The van der Waals surface area contributed by atoms with E-state index in [1.165, 1.54) is 7.11 Å². The zero-order chi connectivity index (χ0) is 23.5. The molecule has 1 saturated carbocycles. The Bertz CT molecular complexity index is 1130. The minimum Gasteiger partial charge on any atom is -0.495 e. The molecule has 0 aromatic heterocycles. The summed E-state index contributed by atoms with van der Waals surface area (Å²) in [6, 6.07) is 9.36. The number of amides is 3. The standard InChI is InChI=1S/C24H24ClN3O5/c1-33-22-8-6-16(10-19(22)25)27-24(32)26-12-14-5-7-18-15(9-14)13-28(23(18)31)20-4-2-3-17(29)11-21(20)30/h5-10,20H,2-4,11-13H2,1H3,(H2,26,27,32). The van der Waals surface area contributed by atoms with Gasteiger partial charge in [-0.05, 0) is 48.2 Å². The lowest BCUT2D eigenvalue weighted by Crippen LogP contribution is -2.41. The van der Waals surface area contributed by atoms with Crippen molar-refractivity contribution in [3.8, 4) is 5.75 Å². The molecule has 33 heavy (non-hydrogen) atoms. The highest BCUT2D eigenvalue weighted by Crippen LogP contribution is 2.30. The Morgan fingerprint density at radius 2 is 2.00 bits per heavy atom. The number of halogens is 1. The molecule has 1 fully saturated rings. The highest BCUT2D eigenvalue weighted by atomic mass is 35.5. The van der Waals surface area contributed by atoms with Crippen molar-refractivity contribution in [1.82, 2.24) is 10.2 Å². The van der Waals surface area contributed by atoms with Gasteiger partial charge < -0.3 is 20.3 Å². The first kappa shape index (κ1) is 22.8. The molecule has 1 aliphatic heterocycles. The molecule has 2 aromatic rings. The molecule has 0 saturated heterocycles. The first-order valence-corrected chi connectivity index (χ1v) is 11.1. The molecule has 1 unspecified atom stereocenters. The van der Waals surface area contributed by atoms with Gasteiger partial charge in [0.25, 0.3) is 5.91 Å². The average molecular weight is 470 g/mol. The highest BCUT2D eigenvalue weighted by molar-refractivity contribution is 6.32. The maximum Gasteiger partial charge on any atom is 0.319 e. The second-order valence-corrected chi connectivity index (χ2v) is 8.58. The van der Waals surface area contributed by atoms with Crippen LogP contribution >= 0.6 is 11.6 Å². The van der Waals surface area contributed by atoms with Crippen LogP contribution in [0.5, 0.6) is 5.75 Å². The van der Waals surface area contributed by atoms with Gasteiger partial charge in [0.1, 0.15) is 11.5 Å². The summed E-state index contributed by atoms with van der Waals surface area (Å²) in [7, 11) is 1.51. The molecule has 8 nitrogen and oxygen atoms in total. The number of carbonyl (C=O) groups excluding carboxylic acids is 4. The number of methoxy groups -OCH3 is 1. The lowest BCUT2D eigenvalue weighted by atomic mass is 10.1. The maximum absolute atomic E-state index is 12.9. The van der Waals surface area contributed by atoms with Gasteiger partial charge in [0.05, 0.1) is 24.6 Å². The second kappa shape index (κ2) is 9.62. The Morgan fingerprint density at radius 3 is 2.76 bits per heavy atom. The smallest absolute Gasteiger partial charge is 0.319 e. The van der Waals surface area contributed by atoms with Crippen LogP contribution in [0.3, 0.4) is 0 Å². The van der Waals surface area contributed by atoms with Crippen LogP contribution in [0.4, 0.5) is 10.5 Å². The largest absolute Gasteiger partial charge is 0.495 e. The number of ether oxygens (including phenoxy) is 1. The fourth-order valence-corrected chi connectivity index (χ4v) is 4.50. The third-order valence-electron chi connectivity index (χ3n) is 5.92. The molecule has 4 rings (SSSR count). The predicted octanol–water partition coefficient (Wildman–Crippen LogP) is 3.71. The van der Waals surface area contributed by atoms with Crippen molar-refractivity contribution in [1.29, 1.82) is 0 Å². The van der Waals surface area contributed by atoms with Gasteiger partial charge in [-0.1, -0.05) is 23.7 Å². The molecule has 9 heteroatoms. The second-order valence-electron chi connectivity index (χ2n) is 8.17. The van der Waals surface area contributed by atoms with Gasteiger partial charge >= 0.3 is 6.03 Å². The number of nitrogens with one attached hydrogen (secondary N) is 2. The fourth-order valence-electron chi connectivity index (χ4n) is 4.24. The van der Waals surface area contributed by atoms with Crippen molar-refractivity contribution in [2.45, 2.75) is 44.8 Å². The molecule has 1 aliphatic carbocycles. The van der Waals surface area contributed by atoms with E-state index in [0.717, 1.165) is 11.1 Å². The molecule has 0 spiro atoms. The first-order chi connectivity index (χ1) is 15.9. The number of nitrogens with zero attached hydrogens (tertiary/aromatic N) is 1. The van der Waals surface area contributed by atoms with Gasteiger partial charge in [-0.15, -0.1) is 0 Å². The van der Waals surface area contributed by atoms with Crippen LogP contribution in [0.25, 0.3) is 0 Å². The Hall–Kier alpha value is -3.39. The molecule has 2 N–H and O–H groups in total. The number of rotatable bonds is 5. The van der Waals surface area contributed by atoms with E-state index in [9.17, 15) is 19.2 Å². The number of hydrogen-bond donors (Lipinski definition) is 2. The van der Waals surface area contributed by atoms with Crippen molar-refractivity contribution in [3.05, 3.63) is 58.1 Å². The van der Waals surface area contributed by atoms with E-state index in [2.05, 4.69) is 10.6 Å². The maximum atomic E-state index is 12.9. The number of carbonyl (C=O) groups is 4. The summed E-state index contributed by atoms with van der Waals surface area (Å²) < 4.78 is 5.10. The van der Waals surface area contributed by atoms with Crippen molar-refractivity contribution in [3.63, 3.8) is 0 Å². The van der Waals surface area contributed by atoms with Crippen LogP contribution in [-0.2, 0) is 22.7 Å². The molecular formula is C24H24ClN3O5. The number of Topliss-reactive ketones (excluding diaryl/α,β-unsaturated/α-hetero) is 2. The van der Waals surface area contributed by atoms with Crippen LogP contribution in [0.1, 0.15) is 47.2 Å². The van der Waals surface area contributed by atoms with Gasteiger partial charge in [-0.3, -0.25) is 14.4 Å². The van der Waals surface area contributed by atoms with E-state index < -0.39 is 12.1 Å². The third-order valence-corrected chi connectivity index (χ3v) is 6.21. The summed E-state index contributed by atoms with van der Waals surface area (Å²) in [4.78, 5) is 50.9. The number of benzene rings is 2. The number of ketones is 2. The summed E-state index contributed by atoms with van der Waals surface area (Å²) in [6.07, 6.45) is 1.40. The SMILES string of the molecule is COc1ccc(NC(=O)NCc2ccc3c(c2)CN(C2CCCC(=O)CC2=O)C3=O)cc1Cl. The molecule has 2 aromatic carbocycles. The van der Waals surface area contributed by atoms with Gasteiger partial charge in [-0.25, -0.2) is 4.79 Å². The molecular weight excluding hydrogens is 446 g/mol. The number of urea groups is 1. The molecule has 172 valence electrons. The number of anilines is 1. The summed E-state index contributed by atoms with van der Waals surface area (Å²) in [5, 5.41) is 5.88. The molecule has 1 atom stereocenters. The highest BCUT2D eigenvalue weighted by Gasteiger charge is 2.37. The molecule has 2 aliphatic rings. The molecule has 0 radical (unpaired) electrons. The average Bonchev–Trinajstić information content (AvgIpc) is 3.00. The summed E-state index contributed by atoms with van der Waals surface area (Å²) in [5.74, 6) is 0.0823. The lowest BCUT2D eigenvalue weighted by molar-refractivity contribution is -0.128. The van der Waals surface area contributed by atoms with E-state index in [1.807, 2.05) is 6.07 Å². The van der Waals surface area contributed by atoms with E-state index in [1.54, 1.807) is 35.2 Å². The van der Waals surface area contributed by atoms with Crippen LogP contribution in [-0.4, -0.2) is 41.6 Å². The normalized spacial score (nSPS) is 18.1. The Balaban J connectivity index is 1.38. The van der Waals surface area contributed by atoms with Gasteiger partial charge in [0.2, 0.25) is 0 Å². The predicted molar refractivity (Wildman–Crippen MR) is 122 cm³/mol. The van der Waals surface area contributed by atoms with E-state index in [-0.39, 0.29) is 30.4 Å². The minimum atomic E-state index is -0.556. The zero-order valence-electron chi connectivity index (χ0n) is 18.2. The number of hydrogen-bond acceptors (Lipinski definition) is 5. The Kier molecular flexibility index (Phi) is 6.65. The van der Waals surface area contributed by atoms with Crippen LogP contribution in [0, 0.1) is 0 Å². The number of fused-ring (bicyclic) bond motifs is 1. The molecule has 0 bridgehead atoms. The zero-order valence-corrected chi connectivity index (χ0v) is 18.9. The van der Waals surface area contributed by atoms with E-state index in [4.69, 9.17) is 16.3 Å². The summed E-state index contributed by atoms with van der Waals surface area (Å²) >= 11 is 6.08. The van der Waals surface area contributed by atoms with Gasteiger partial charge in [0, 0.05) is 30.8 Å². The molecule has 1 heterocycles. The summed E-state index contributed by atoms with van der Waals surface area (Å²) in [6.45, 7) is 0.581. The van der Waals surface area contributed by atoms with Crippen LogP contribution < -0.4 is 15.4 Å². The van der Waals surface area contributed by atoms with Crippen molar-refractivity contribution < 1.29 is 23.9 Å². The Labute approximate surface area is 196 Å². The molecule has 3 amide bonds. The van der Waals surface area contributed by atoms with Crippen LogP contribution in [0.2, 0.25) is 5.02 Å². The summed E-state index contributed by atoms with van der Waals surface area (Å²) in [5.41, 5.74) is 2.72. The van der Waals surface area contributed by atoms with Crippen LogP contribution in [0.15, 0.2) is 36.4 Å². The Morgan fingerprint density at radius 1 is 1.18 bits per heavy atom. The lowest BCUT2D eigenvalue weighted by Gasteiger charge is -2.25. The minimum absolute atomic E-state index is 0.0600. The van der Waals surface area contributed by atoms with Crippen molar-refractivity contribution >= 4 is 40.8 Å². The van der Waals surface area contributed by atoms with E-state index >= 15 is 0 Å². The van der Waals surface area contributed by atoms with Gasteiger partial charge in [0.15, 0.2) is 5.78 Å². The fraction of sp³-hybridized carbons (Fsp3) is 0.333.